The van der Waals surface area contributed by atoms with Crippen molar-refractivity contribution < 1.29 is 34.1 Å². The number of phenols is 2. The van der Waals surface area contributed by atoms with E-state index < -0.39 is 34.3 Å². The molecule has 0 bridgehead atoms. The molecule has 0 radical (unpaired) electrons. The first kappa shape index (κ1) is 25.7. The van der Waals surface area contributed by atoms with Gasteiger partial charge in [-0.05, 0) is 39.7 Å². The second-order valence-corrected chi connectivity index (χ2v) is 9.33. The Bertz CT molecular complexity index is 1410. The van der Waals surface area contributed by atoms with Crippen molar-refractivity contribution in [3.63, 3.8) is 0 Å². The van der Waals surface area contributed by atoms with Gasteiger partial charge in [-0.1, -0.05) is 30.3 Å². The van der Waals surface area contributed by atoms with Crippen LogP contribution >= 0.6 is 0 Å². The molecule has 37 heavy (non-hydrogen) atoms. The zero-order valence-corrected chi connectivity index (χ0v) is 21.0. The molecule has 0 saturated carbocycles. The number of carbonyl (C=O) groups excluding carboxylic acids is 4. The van der Waals surface area contributed by atoms with Crippen LogP contribution in [0.1, 0.15) is 47.8 Å². The molecule has 4 N–H and O–H groups in total. The summed E-state index contributed by atoms with van der Waals surface area (Å²) in [7, 11) is 0. The number of ketones is 3. The number of ether oxygens (including phenoxy) is 1. The van der Waals surface area contributed by atoms with Gasteiger partial charge in [-0.2, -0.15) is 0 Å². The van der Waals surface area contributed by atoms with E-state index in [1.54, 1.807) is 0 Å². The number of hydrogen-bond acceptors (Lipinski definition) is 8. The topological polar surface area (TPSA) is 142 Å². The first-order valence-electron chi connectivity index (χ1n) is 11.8. The number of hydrogen-bond donors (Lipinski definition) is 4. The van der Waals surface area contributed by atoms with Gasteiger partial charge in [-0.3, -0.25) is 19.2 Å². The lowest BCUT2D eigenvalue weighted by molar-refractivity contribution is -0.124. The third-order valence-electron chi connectivity index (χ3n) is 6.85. The Kier molecular flexibility index (Phi) is 6.64. The van der Waals surface area contributed by atoms with E-state index in [2.05, 4.69) is 10.6 Å². The van der Waals surface area contributed by atoms with E-state index in [0.717, 1.165) is 11.6 Å². The number of nitrogens with one attached hydrogen (secondary N) is 2. The van der Waals surface area contributed by atoms with Crippen LogP contribution in [0.2, 0.25) is 0 Å². The van der Waals surface area contributed by atoms with Crippen LogP contribution in [0, 0.1) is 6.92 Å². The molecule has 0 saturated heterocycles. The van der Waals surface area contributed by atoms with Crippen molar-refractivity contribution in [1.29, 1.82) is 0 Å². The molecular weight excluding hydrogens is 476 g/mol. The average Bonchev–Trinajstić information content (AvgIpc) is 3.14. The van der Waals surface area contributed by atoms with Crippen molar-refractivity contribution in [3.8, 4) is 17.2 Å². The molecule has 2 aromatic rings. The number of amides is 1. The van der Waals surface area contributed by atoms with E-state index in [-0.39, 0.29) is 51.9 Å². The molecule has 1 aliphatic carbocycles. The molecule has 9 heteroatoms. The van der Waals surface area contributed by atoms with Crippen molar-refractivity contribution in [2.24, 2.45) is 0 Å². The highest BCUT2D eigenvalue weighted by molar-refractivity contribution is 6.31. The summed E-state index contributed by atoms with van der Waals surface area (Å²) < 4.78 is 5.74. The number of carbonyl (C=O) groups is 4. The maximum Gasteiger partial charge on any atom is 0.239 e. The Morgan fingerprint density at radius 3 is 2.35 bits per heavy atom. The number of fused-ring (bicyclic) bond motifs is 3. The number of Topliss-reactive ketones (excluding diaryl/α,β-unsaturated/α-hetero) is 2. The molecule has 1 amide bonds. The highest BCUT2D eigenvalue weighted by Gasteiger charge is 2.56. The molecule has 0 fully saturated rings. The molecule has 1 heterocycles. The van der Waals surface area contributed by atoms with Gasteiger partial charge in [0.2, 0.25) is 5.91 Å². The Labute approximate surface area is 213 Å². The van der Waals surface area contributed by atoms with Crippen molar-refractivity contribution in [3.05, 3.63) is 75.7 Å². The Hall–Kier alpha value is -4.40. The summed E-state index contributed by atoms with van der Waals surface area (Å²) in [5.74, 6) is -3.15. The molecule has 1 unspecified atom stereocenters. The standard InChI is InChI=1S/C28H28N2O7/c1-14-24(34)22(16(3)31)26-23(25(14)35)28(4)19(37-26)12-18(32)21(27(28)36)15(2)30-13-20(33)29-11-10-17-8-6-5-7-9-17/h5-9,12,30,34-35H,10-11,13H2,1-4H3,(H,29,33). The highest BCUT2D eigenvalue weighted by Crippen LogP contribution is 2.57. The van der Waals surface area contributed by atoms with E-state index in [0.29, 0.717) is 13.0 Å². The van der Waals surface area contributed by atoms with Crippen LogP contribution in [-0.4, -0.2) is 46.6 Å². The van der Waals surface area contributed by atoms with Gasteiger partial charge in [0.1, 0.15) is 34.0 Å². The zero-order valence-electron chi connectivity index (χ0n) is 21.0. The van der Waals surface area contributed by atoms with Crippen molar-refractivity contribution in [2.75, 3.05) is 13.1 Å². The predicted molar refractivity (Wildman–Crippen MR) is 134 cm³/mol. The van der Waals surface area contributed by atoms with Crippen LogP contribution < -0.4 is 15.4 Å². The molecule has 0 spiro atoms. The van der Waals surface area contributed by atoms with Gasteiger partial charge >= 0.3 is 0 Å². The molecule has 1 atom stereocenters. The lowest BCUT2D eigenvalue weighted by atomic mass is 9.70. The van der Waals surface area contributed by atoms with Gasteiger partial charge in [0, 0.05) is 23.9 Å². The van der Waals surface area contributed by atoms with E-state index in [9.17, 15) is 29.4 Å². The largest absolute Gasteiger partial charge is 0.507 e. The molecule has 192 valence electrons. The fourth-order valence-corrected chi connectivity index (χ4v) is 4.72. The van der Waals surface area contributed by atoms with E-state index in [4.69, 9.17) is 4.74 Å². The maximum absolute atomic E-state index is 13.7. The minimum atomic E-state index is -1.60. The Morgan fingerprint density at radius 2 is 1.70 bits per heavy atom. The van der Waals surface area contributed by atoms with E-state index in [1.165, 1.54) is 27.7 Å². The molecule has 2 aliphatic rings. The van der Waals surface area contributed by atoms with Crippen molar-refractivity contribution in [2.45, 2.75) is 39.5 Å². The summed E-state index contributed by atoms with van der Waals surface area (Å²) in [6.45, 7) is 5.93. The molecule has 0 aromatic heterocycles. The quantitative estimate of drug-likeness (QED) is 0.256. The van der Waals surface area contributed by atoms with Crippen LogP contribution in [-0.2, 0) is 26.2 Å². The predicted octanol–water partition coefficient (Wildman–Crippen LogP) is 2.52. The van der Waals surface area contributed by atoms with Crippen LogP contribution in [0.15, 0.2) is 53.4 Å². The zero-order chi connectivity index (χ0) is 27.1. The van der Waals surface area contributed by atoms with Gasteiger partial charge in [0.15, 0.2) is 17.3 Å². The van der Waals surface area contributed by atoms with E-state index in [1.807, 2.05) is 30.3 Å². The SMILES string of the molecule is CC(=O)c1c(O)c(C)c(O)c2c1OC1=CC(=O)C(=C(C)NCC(=O)NCCc3ccccc3)C(=O)C12C. The van der Waals surface area contributed by atoms with Gasteiger partial charge in [-0.25, -0.2) is 0 Å². The van der Waals surface area contributed by atoms with Crippen molar-refractivity contribution >= 4 is 23.3 Å². The summed E-state index contributed by atoms with van der Waals surface area (Å²) in [6.07, 6.45) is 1.80. The number of allylic oxidation sites excluding steroid dienone is 4. The number of benzene rings is 2. The first-order chi connectivity index (χ1) is 17.5. The van der Waals surface area contributed by atoms with Crippen LogP contribution in [0.3, 0.4) is 0 Å². The summed E-state index contributed by atoms with van der Waals surface area (Å²) in [4.78, 5) is 51.3. The average molecular weight is 505 g/mol. The maximum atomic E-state index is 13.7. The third-order valence-corrected chi connectivity index (χ3v) is 6.85. The van der Waals surface area contributed by atoms with Crippen LogP contribution in [0.5, 0.6) is 17.2 Å². The monoisotopic (exact) mass is 504 g/mol. The number of aromatic hydroxyl groups is 2. The Balaban J connectivity index is 1.58. The second kappa shape index (κ2) is 9.57. The summed E-state index contributed by atoms with van der Waals surface area (Å²) in [6, 6.07) is 9.69. The number of phenolic OH excluding ortho intramolecular Hbond substituents is 2. The minimum absolute atomic E-state index is 0.0145. The molecule has 4 rings (SSSR count). The second-order valence-electron chi connectivity index (χ2n) is 9.33. The molecule has 9 nitrogen and oxygen atoms in total. The smallest absolute Gasteiger partial charge is 0.239 e. The van der Waals surface area contributed by atoms with Gasteiger partial charge in [-0.15, -0.1) is 0 Å². The summed E-state index contributed by atoms with van der Waals surface area (Å²) in [5.41, 5.74) is -0.648. The fourth-order valence-electron chi connectivity index (χ4n) is 4.72. The van der Waals surface area contributed by atoms with Crippen LogP contribution in [0.4, 0.5) is 0 Å². The van der Waals surface area contributed by atoms with Crippen LogP contribution in [0.25, 0.3) is 0 Å². The normalized spacial score (nSPS) is 19.4. The van der Waals surface area contributed by atoms with Gasteiger partial charge in [0.05, 0.1) is 17.7 Å². The highest BCUT2D eigenvalue weighted by atomic mass is 16.5. The van der Waals surface area contributed by atoms with Crippen molar-refractivity contribution in [1.82, 2.24) is 10.6 Å². The first-order valence-corrected chi connectivity index (χ1v) is 11.8. The lowest BCUT2D eigenvalue weighted by Crippen LogP contribution is -2.42. The summed E-state index contributed by atoms with van der Waals surface area (Å²) in [5, 5.41) is 26.9. The lowest BCUT2D eigenvalue weighted by Gasteiger charge is -2.29. The third kappa shape index (κ3) is 4.26. The van der Waals surface area contributed by atoms with Gasteiger partial charge in [0.25, 0.3) is 0 Å². The summed E-state index contributed by atoms with van der Waals surface area (Å²) >= 11 is 0. The Morgan fingerprint density at radius 1 is 1.03 bits per heavy atom. The van der Waals surface area contributed by atoms with E-state index >= 15 is 0 Å². The number of rotatable bonds is 7. The van der Waals surface area contributed by atoms with Gasteiger partial charge < -0.3 is 25.6 Å². The fraction of sp³-hybridized carbons (Fsp3) is 0.286. The minimum Gasteiger partial charge on any atom is -0.507 e. The molecule has 1 aliphatic heterocycles. The molecule has 2 aromatic carbocycles. The molecular formula is C28H28N2O7.